The summed E-state index contributed by atoms with van der Waals surface area (Å²) in [6.07, 6.45) is -1.06. The van der Waals surface area contributed by atoms with E-state index in [0.29, 0.717) is 4.47 Å². The quantitative estimate of drug-likeness (QED) is 0.745. The van der Waals surface area contributed by atoms with Crippen molar-refractivity contribution in [1.29, 1.82) is 0 Å². The van der Waals surface area contributed by atoms with E-state index in [4.69, 9.17) is 4.74 Å². The topological polar surface area (TPSA) is 55.4 Å². The van der Waals surface area contributed by atoms with Gasteiger partial charge in [0.1, 0.15) is 5.82 Å². The van der Waals surface area contributed by atoms with Crippen LogP contribution in [0.25, 0.3) is 0 Å². The first-order chi connectivity index (χ1) is 11.7. The molecule has 6 heteroatoms. The minimum Gasteiger partial charge on any atom is -0.452 e. The summed E-state index contributed by atoms with van der Waals surface area (Å²) in [5.41, 5.74) is -0.0939. The van der Waals surface area contributed by atoms with Crippen LogP contribution in [0.2, 0.25) is 0 Å². The van der Waals surface area contributed by atoms with Crippen LogP contribution < -0.4 is 5.32 Å². The van der Waals surface area contributed by atoms with Crippen LogP contribution in [0.1, 0.15) is 26.3 Å². The van der Waals surface area contributed by atoms with Gasteiger partial charge in [-0.3, -0.25) is 9.59 Å². The van der Waals surface area contributed by atoms with Crippen molar-refractivity contribution in [1.82, 2.24) is 0 Å². The lowest BCUT2D eigenvalue weighted by atomic mass is 9.85. The average Bonchev–Trinajstić information content (AvgIpc) is 2.57. The number of esters is 1. The molecular weight excluding hydrogens is 389 g/mol. The van der Waals surface area contributed by atoms with E-state index in [1.807, 2.05) is 30.3 Å². The first-order valence-electron chi connectivity index (χ1n) is 7.74. The number of nitrogens with one attached hydrogen (secondary N) is 1. The van der Waals surface area contributed by atoms with Gasteiger partial charge in [0.2, 0.25) is 0 Å². The summed E-state index contributed by atoms with van der Waals surface area (Å²) in [6, 6.07) is 13.4. The maximum absolute atomic E-state index is 13.8. The van der Waals surface area contributed by atoms with Crippen molar-refractivity contribution in [3.8, 4) is 0 Å². The first kappa shape index (κ1) is 19.1. The molecule has 2 rings (SSSR count). The van der Waals surface area contributed by atoms with Crippen LogP contribution in [0.5, 0.6) is 0 Å². The standard InChI is InChI=1S/C19H19BrFNO3/c1-12(17(23)22-16-10-9-14(20)11-15(16)21)25-18(24)19(2,3)13-7-5-4-6-8-13/h4-12H,1-3H3,(H,22,23)/t12-/m0/s1. The lowest BCUT2D eigenvalue weighted by Gasteiger charge is -2.25. The van der Waals surface area contributed by atoms with Crippen LogP contribution in [0, 0.1) is 5.82 Å². The number of hydrogen-bond donors (Lipinski definition) is 1. The summed E-state index contributed by atoms with van der Waals surface area (Å²) in [7, 11) is 0. The van der Waals surface area contributed by atoms with Crippen molar-refractivity contribution in [2.75, 3.05) is 5.32 Å². The highest BCUT2D eigenvalue weighted by atomic mass is 79.9. The number of rotatable bonds is 5. The van der Waals surface area contributed by atoms with Gasteiger partial charge in [-0.1, -0.05) is 46.3 Å². The zero-order chi connectivity index (χ0) is 18.6. The molecule has 2 aromatic rings. The minimum atomic E-state index is -1.06. The Kier molecular flexibility index (Phi) is 5.95. The number of carbonyl (C=O) groups excluding carboxylic acids is 2. The molecule has 0 aliphatic rings. The normalized spacial score (nSPS) is 12.4. The third-order valence-electron chi connectivity index (χ3n) is 3.85. The fourth-order valence-corrected chi connectivity index (χ4v) is 2.49. The molecule has 1 N–H and O–H groups in total. The van der Waals surface area contributed by atoms with Crippen LogP contribution in [0.3, 0.4) is 0 Å². The highest BCUT2D eigenvalue weighted by molar-refractivity contribution is 9.10. The van der Waals surface area contributed by atoms with E-state index in [1.165, 1.54) is 19.1 Å². The number of anilines is 1. The summed E-state index contributed by atoms with van der Waals surface area (Å²) < 4.78 is 19.6. The number of benzene rings is 2. The molecule has 1 amide bonds. The van der Waals surface area contributed by atoms with Gasteiger partial charge < -0.3 is 10.1 Å². The third-order valence-corrected chi connectivity index (χ3v) is 4.34. The Bertz CT molecular complexity index is 777. The van der Waals surface area contributed by atoms with E-state index < -0.39 is 29.2 Å². The molecule has 0 aliphatic carbocycles. The zero-order valence-corrected chi connectivity index (χ0v) is 15.8. The fraction of sp³-hybridized carbons (Fsp3) is 0.263. The summed E-state index contributed by atoms with van der Waals surface area (Å²) in [4.78, 5) is 24.6. The number of hydrogen-bond acceptors (Lipinski definition) is 3. The second-order valence-electron chi connectivity index (χ2n) is 6.15. The van der Waals surface area contributed by atoms with E-state index in [-0.39, 0.29) is 5.69 Å². The van der Waals surface area contributed by atoms with E-state index in [2.05, 4.69) is 21.2 Å². The van der Waals surface area contributed by atoms with Crippen molar-refractivity contribution in [2.24, 2.45) is 0 Å². The molecule has 0 radical (unpaired) electrons. The van der Waals surface area contributed by atoms with E-state index in [1.54, 1.807) is 19.9 Å². The molecule has 132 valence electrons. The monoisotopic (exact) mass is 407 g/mol. The number of ether oxygens (including phenoxy) is 1. The van der Waals surface area contributed by atoms with Crippen LogP contribution in [-0.4, -0.2) is 18.0 Å². The van der Waals surface area contributed by atoms with Crippen LogP contribution in [0.4, 0.5) is 10.1 Å². The molecule has 0 fully saturated rings. The molecule has 4 nitrogen and oxygen atoms in total. The maximum Gasteiger partial charge on any atom is 0.316 e. The summed E-state index contributed by atoms with van der Waals surface area (Å²) in [5, 5.41) is 2.42. The predicted molar refractivity (Wildman–Crippen MR) is 97.8 cm³/mol. The van der Waals surface area contributed by atoms with Gasteiger partial charge in [0.05, 0.1) is 11.1 Å². The molecule has 0 spiro atoms. The van der Waals surface area contributed by atoms with Gasteiger partial charge in [-0.05, 0) is 44.5 Å². The molecule has 0 unspecified atom stereocenters. The number of carbonyl (C=O) groups is 2. The van der Waals surface area contributed by atoms with Crippen molar-refractivity contribution < 1.29 is 18.7 Å². The molecule has 0 saturated carbocycles. The zero-order valence-electron chi connectivity index (χ0n) is 14.2. The molecule has 1 atom stereocenters. The molecule has 0 aromatic heterocycles. The largest absolute Gasteiger partial charge is 0.452 e. The van der Waals surface area contributed by atoms with Crippen LogP contribution >= 0.6 is 15.9 Å². The van der Waals surface area contributed by atoms with Crippen molar-refractivity contribution in [3.05, 3.63) is 64.4 Å². The Morgan fingerprint density at radius 3 is 2.40 bits per heavy atom. The Morgan fingerprint density at radius 2 is 1.80 bits per heavy atom. The maximum atomic E-state index is 13.8. The van der Waals surface area contributed by atoms with Gasteiger partial charge in [0.15, 0.2) is 6.10 Å². The van der Waals surface area contributed by atoms with Gasteiger partial charge in [-0.15, -0.1) is 0 Å². The third kappa shape index (κ3) is 4.66. The Balaban J connectivity index is 2.04. The molecule has 0 saturated heterocycles. The van der Waals surface area contributed by atoms with Crippen molar-refractivity contribution in [3.63, 3.8) is 0 Å². The highest BCUT2D eigenvalue weighted by Crippen LogP contribution is 2.25. The smallest absolute Gasteiger partial charge is 0.316 e. The number of amides is 1. The Hall–Kier alpha value is -2.21. The Labute approximate surface area is 154 Å². The van der Waals surface area contributed by atoms with Crippen molar-refractivity contribution in [2.45, 2.75) is 32.3 Å². The first-order valence-corrected chi connectivity index (χ1v) is 8.53. The van der Waals surface area contributed by atoms with Gasteiger partial charge >= 0.3 is 5.97 Å². The molecule has 2 aromatic carbocycles. The average molecular weight is 408 g/mol. The highest BCUT2D eigenvalue weighted by Gasteiger charge is 2.33. The van der Waals surface area contributed by atoms with Crippen LogP contribution in [0.15, 0.2) is 53.0 Å². The van der Waals surface area contributed by atoms with Crippen molar-refractivity contribution >= 4 is 33.5 Å². The molecular formula is C19H19BrFNO3. The summed E-state index contributed by atoms with van der Waals surface area (Å²) >= 11 is 3.15. The molecule has 0 heterocycles. The SMILES string of the molecule is C[C@H](OC(=O)C(C)(C)c1ccccc1)C(=O)Nc1ccc(Br)cc1F. The van der Waals surface area contributed by atoms with Gasteiger partial charge in [0.25, 0.3) is 5.91 Å². The molecule has 0 aliphatic heterocycles. The minimum absolute atomic E-state index is 0.0263. The fourth-order valence-electron chi connectivity index (χ4n) is 2.16. The van der Waals surface area contributed by atoms with Gasteiger partial charge in [0, 0.05) is 4.47 Å². The van der Waals surface area contributed by atoms with E-state index in [0.717, 1.165) is 5.56 Å². The summed E-state index contributed by atoms with van der Waals surface area (Å²) in [6.45, 7) is 4.90. The van der Waals surface area contributed by atoms with Gasteiger partial charge in [-0.25, -0.2) is 4.39 Å². The second-order valence-corrected chi connectivity index (χ2v) is 7.07. The molecule has 0 bridgehead atoms. The van der Waals surface area contributed by atoms with Crippen LogP contribution in [-0.2, 0) is 19.7 Å². The lowest BCUT2D eigenvalue weighted by molar-refractivity contribution is -0.158. The Morgan fingerprint density at radius 1 is 1.16 bits per heavy atom. The van der Waals surface area contributed by atoms with Gasteiger partial charge in [-0.2, -0.15) is 0 Å². The molecule has 25 heavy (non-hydrogen) atoms. The number of halogens is 2. The second kappa shape index (κ2) is 7.78. The van der Waals surface area contributed by atoms with E-state index in [9.17, 15) is 14.0 Å². The van der Waals surface area contributed by atoms with E-state index >= 15 is 0 Å². The summed E-state index contributed by atoms with van der Waals surface area (Å²) in [5.74, 6) is -1.71. The lowest BCUT2D eigenvalue weighted by Crippen LogP contribution is -2.37. The predicted octanol–water partition coefficient (Wildman–Crippen LogP) is 4.44.